The van der Waals surface area contributed by atoms with Gasteiger partial charge in [0.05, 0.1) is 12.7 Å². The number of thioether (sulfide) groups is 1. The topological polar surface area (TPSA) is 25.4 Å². The molecule has 23 heavy (non-hydrogen) atoms. The number of nitrogens with zero attached hydrogens (tertiary/aromatic N) is 2. The lowest BCUT2D eigenvalue weighted by atomic mass is 9.92. The van der Waals surface area contributed by atoms with Gasteiger partial charge in [-0.25, -0.2) is 0 Å². The molecule has 3 heterocycles. The smallest absolute Gasteiger partial charge is 0.0736 e. The summed E-state index contributed by atoms with van der Waals surface area (Å²) in [5, 5.41) is 0. The van der Waals surface area contributed by atoms with Gasteiger partial charge < -0.3 is 4.74 Å². The zero-order valence-corrected chi connectivity index (χ0v) is 14.0. The van der Waals surface area contributed by atoms with E-state index in [-0.39, 0.29) is 0 Å². The summed E-state index contributed by atoms with van der Waals surface area (Å²) in [4.78, 5) is 6.69. The molecule has 2 saturated heterocycles. The van der Waals surface area contributed by atoms with E-state index in [2.05, 4.69) is 58.0 Å². The lowest BCUT2D eigenvalue weighted by molar-refractivity contribution is 0.0263. The second kappa shape index (κ2) is 6.63. The maximum atomic E-state index is 6.09. The largest absolute Gasteiger partial charge is 0.373 e. The van der Waals surface area contributed by atoms with Crippen molar-refractivity contribution in [3.63, 3.8) is 0 Å². The maximum Gasteiger partial charge on any atom is 0.0736 e. The third-order valence-electron chi connectivity index (χ3n) is 4.66. The molecule has 1 spiro atoms. The number of aromatic nitrogens is 1. The molecule has 0 unspecified atom stereocenters. The van der Waals surface area contributed by atoms with Crippen LogP contribution in [0, 0.1) is 0 Å². The van der Waals surface area contributed by atoms with Gasteiger partial charge in [-0.3, -0.25) is 9.88 Å². The van der Waals surface area contributed by atoms with Crippen molar-refractivity contribution in [2.24, 2.45) is 0 Å². The van der Waals surface area contributed by atoms with Crippen molar-refractivity contribution in [3.8, 4) is 0 Å². The highest BCUT2D eigenvalue weighted by Crippen LogP contribution is 2.46. The van der Waals surface area contributed by atoms with Gasteiger partial charge in [0.15, 0.2) is 0 Å². The normalized spacial score (nSPS) is 23.0. The van der Waals surface area contributed by atoms with E-state index in [4.69, 9.17) is 4.74 Å². The van der Waals surface area contributed by atoms with Crippen LogP contribution in [0.5, 0.6) is 0 Å². The van der Waals surface area contributed by atoms with E-state index in [1.807, 2.05) is 12.3 Å². The minimum Gasteiger partial charge on any atom is -0.373 e. The first-order valence-electron chi connectivity index (χ1n) is 8.22. The molecular formula is C19H22N2OS. The first-order valence-corrected chi connectivity index (χ1v) is 9.21. The summed E-state index contributed by atoms with van der Waals surface area (Å²) in [5.41, 5.74) is 2.58. The molecule has 3 nitrogen and oxygen atoms in total. The predicted molar refractivity (Wildman–Crippen MR) is 94.3 cm³/mol. The molecule has 2 aromatic rings. The average Bonchev–Trinajstić information content (AvgIpc) is 2.99. The minimum atomic E-state index is 0.388. The highest BCUT2D eigenvalue weighted by atomic mass is 32.2. The number of benzene rings is 1. The Labute approximate surface area is 142 Å². The molecule has 120 valence electrons. The SMILES string of the molecule is c1ccc(CN2CC3(C[C@@H](OCc4cccnc4)CS3)C2)cc1. The van der Waals surface area contributed by atoms with E-state index >= 15 is 0 Å². The fourth-order valence-corrected chi connectivity index (χ4v) is 5.15. The zero-order chi connectivity index (χ0) is 15.5. The fourth-order valence-electron chi connectivity index (χ4n) is 3.55. The standard InChI is InChI=1S/C19H22N2OS/c1-2-5-16(6-3-1)11-21-14-19(15-21)9-18(13-23-19)22-12-17-7-4-8-20-10-17/h1-8,10,18H,9,11-15H2/t18-/m1/s1. The van der Waals surface area contributed by atoms with Gasteiger partial charge in [0, 0.05) is 42.5 Å². The second-order valence-corrected chi connectivity index (χ2v) is 8.11. The van der Waals surface area contributed by atoms with Crippen LogP contribution in [-0.4, -0.2) is 39.6 Å². The Hall–Kier alpha value is -1.36. The Bertz CT molecular complexity index is 628. The van der Waals surface area contributed by atoms with Crippen molar-refractivity contribution in [1.82, 2.24) is 9.88 Å². The summed E-state index contributed by atoms with van der Waals surface area (Å²) in [6.07, 6.45) is 5.27. The Morgan fingerprint density at radius 2 is 1.96 bits per heavy atom. The van der Waals surface area contributed by atoms with E-state index < -0.39 is 0 Å². The molecule has 1 aromatic carbocycles. The van der Waals surface area contributed by atoms with Gasteiger partial charge in [0.2, 0.25) is 0 Å². The van der Waals surface area contributed by atoms with Crippen molar-refractivity contribution >= 4 is 11.8 Å². The van der Waals surface area contributed by atoms with Crippen LogP contribution in [0.1, 0.15) is 17.5 Å². The molecule has 4 rings (SSSR count). The number of hydrogen-bond donors (Lipinski definition) is 0. The molecule has 1 atom stereocenters. The summed E-state index contributed by atoms with van der Waals surface area (Å²) in [5.74, 6) is 1.12. The van der Waals surface area contributed by atoms with Crippen LogP contribution in [0.4, 0.5) is 0 Å². The molecule has 2 aliphatic heterocycles. The Kier molecular flexibility index (Phi) is 4.38. The van der Waals surface area contributed by atoms with Crippen molar-refractivity contribution in [2.75, 3.05) is 18.8 Å². The first-order chi connectivity index (χ1) is 11.3. The number of hydrogen-bond acceptors (Lipinski definition) is 4. The van der Waals surface area contributed by atoms with Gasteiger partial charge in [0.25, 0.3) is 0 Å². The summed E-state index contributed by atoms with van der Waals surface area (Å²) < 4.78 is 6.53. The monoisotopic (exact) mass is 326 g/mol. The van der Waals surface area contributed by atoms with Crippen LogP contribution in [0.15, 0.2) is 54.9 Å². The van der Waals surface area contributed by atoms with Crippen LogP contribution < -0.4 is 0 Å². The first kappa shape index (κ1) is 15.2. The Balaban J connectivity index is 1.24. The van der Waals surface area contributed by atoms with Gasteiger partial charge in [-0.1, -0.05) is 36.4 Å². The zero-order valence-electron chi connectivity index (χ0n) is 13.2. The van der Waals surface area contributed by atoms with E-state index in [0.29, 0.717) is 17.5 Å². The third kappa shape index (κ3) is 3.60. The van der Waals surface area contributed by atoms with Crippen molar-refractivity contribution in [2.45, 2.75) is 30.4 Å². The van der Waals surface area contributed by atoms with E-state index in [1.165, 1.54) is 25.1 Å². The maximum absolute atomic E-state index is 6.09. The fraction of sp³-hybridized carbons (Fsp3) is 0.421. The van der Waals surface area contributed by atoms with Crippen LogP contribution in [0.25, 0.3) is 0 Å². The van der Waals surface area contributed by atoms with Gasteiger partial charge in [0.1, 0.15) is 0 Å². The minimum absolute atomic E-state index is 0.388. The third-order valence-corrected chi connectivity index (χ3v) is 6.23. The van der Waals surface area contributed by atoms with E-state index in [9.17, 15) is 0 Å². The van der Waals surface area contributed by atoms with Crippen LogP contribution >= 0.6 is 11.8 Å². The molecule has 2 fully saturated rings. The molecule has 2 aliphatic rings. The molecule has 0 N–H and O–H groups in total. The Morgan fingerprint density at radius 3 is 2.74 bits per heavy atom. The van der Waals surface area contributed by atoms with Gasteiger partial charge in [-0.2, -0.15) is 0 Å². The number of rotatable bonds is 5. The predicted octanol–water partition coefficient (Wildman–Crippen LogP) is 3.36. The molecule has 1 aromatic heterocycles. The second-order valence-electron chi connectivity index (χ2n) is 6.62. The van der Waals surface area contributed by atoms with E-state index in [1.54, 1.807) is 6.20 Å². The van der Waals surface area contributed by atoms with Crippen molar-refractivity contribution in [3.05, 3.63) is 66.0 Å². The average molecular weight is 326 g/mol. The van der Waals surface area contributed by atoms with Crippen LogP contribution in [-0.2, 0) is 17.9 Å². The molecular weight excluding hydrogens is 304 g/mol. The summed E-state index contributed by atoms with van der Waals surface area (Å²) in [6, 6.07) is 14.8. The molecule has 0 amide bonds. The van der Waals surface area contributed by atoms with Crippen molar-refractivity contribution < 1.29 is 4.74 Å². The number of ether oxygens (including phenoxy) is 1. The quantitative estimate of drug-likeness (QED) is 0.841. The number of likely N-dealkylation sites (tertiary alicyclic amines) is 1. The molecule has 0 radical (unpaired) electrons. The van der Waals surface area contributed by atoms with Gasteiger partial charge in [-0.15, -0.1) is 11.8 Å². The summed E-state index contributed by atoms with van der Waals surface area (Å²) >= 11 is 2.11. The van der Waals surface area contributed by atoms with Gasteiger partial charge >= 0.3 is 0 Å². The van der Waals surface area contributed by atoms with Crippen LogP contribution in [0.3, 0.4) is 0 Å². The van der Waals surface area contributed by atoms with Crippen LogP contribution in [0.2, 0.25) is 0 Å². The molecule has 0 saturated carbocycles. The summed E-state index contributed by atoms with van der Waals surface area (Å²) in [6.45, 7) is 4.14. The molecule has 0 bridgehead atoms. The lowest BCUT2D eigenvalue weighted by Crippen LogP contribution is -2.58. The lowest BCUT2D eigenvalue weighted by Gasteiger charge is -2.47. The molecule has 4 heteroatoms. The number of pyridine rings is 1. The summed E-state index contributed by atoms with van der Waals surface area (Å²) in [7, 11) is 0. The molecule has 0 aliphatic carbocycles. The highest BCUT2D eigenvalue weighted by Gasteiger charge is 2.49. The van der Waals surface area contributed by atoms with Crippen molar-refractivity contribution in [1.29, 1.82) is 0 Å². The Morgan fingerprint density at radius 1 is 1.13 bits per heavy atom. The van der Waals surface area contributed by atoms with Gasteiger partial charge in [-0.05, 0) is 23.6 Å². The highest BCUT2D eigenvalue weighted by molar-refractivity contribution is 8.01. The van der Waals surface area contributed by atoms with E-state index in [0.717, 1.165) is 17.9 Å².